The molecule has 0 aliphatic rings. The Balaban J connectivity index is 2.95. The third-order valence-corrected chi connectivity index (χ3v) is 2.06. The summed E-state index contributed by atoms with van der Waals surface area (Å²) < 4.78 is 1.94. The maximum Gasteiger partial charge on any atom is 0.139 e. The van der Waals surface area contributed by atoms with Crippen molar-refractivity contribution in [1.82, 2.24) is 15.0 Å². The number of aromatic nitrogens is 3. The van der Waals surface area contributed by atoms with Crippen molar-refractivity contribution in [1.29, 1.82) is 0 Å². The second kappa shape index (κ2) is 3.94. The molecule has 0 aliphatic heterocycles. The lowest BCUT2D eigenvalue weighted by molar-refractivity contribution is 0.541. The first-order valence-electron chi connectivity index (χ1n) is 4.29. The topological polar surface area (TPSA) is 30.7 Å². The summed E-state index contributed by atoms with van der Waals surface area (Å²) in [6.45, 7) is 7.32. The number of rotatable bonds is 3. The fraction of sp³-hybridized carbons (Fsp3) is 0.750. The monoisotopic (exact) mass is 185 g/mol. The molecular weight excluding hydrogens is 170 g/mol. The van der Waals surface area contributed by atoms with Crippen molar-refractivity contribution in [3.05, 3.63) is 5.69 Å². The van der Waals surface area contributed by atoms with Crippen molar-refractivity contribution in [3.8, 4) is 0 Å². The third-order valence-electron chi connectivity index (χ3n) is 1.74. The molecule has 0 atom stereocenters. The van der Waals surface area contributed by atoms with E-state index >= 15 is 0 Å². The van der Waals surface area contributed by atoms with E-state index in [1.807, 2.05) is 4.68 Å². The highest BCUT2D eigenvalue weighted by Gasteiger charge is 2.12. The third kappa shape index (κ3) is 1.80. The highest BCUT2D eigenvalue weighted by Crippen LogP contribution is 2.19. The molecule has 0 fully saturated rings. The molecule has 3 nitrogen and oxygen atoms in total. The molecule has 1 rings (SSSR count). The molecule has 1 aromatic heterocycles. The summed E-state index contributed by atoms with van der Waals surface area (Å²) in [5, 5.41) is 8.71. The molecule has 1 aromatic rings. The summed E-state index contributed by atoms with van der Waals surface area (Å²) in [7, 11) is 0. The molecule has 12 heavy (non-hydrogen) atoms. The molecule has 4 heteroatoms. The Kier molecular flexibility index (Phi) is 3.14. The van der Waals surface area contributed by atoms with Crippen LogP contribution in [-0.4, -0.2) is 15.0 Å². The maximum atomic E-state index is 4.26. The van der Waals surface area contributed by atoms with Crippen molar-refractivity contribution < 1.29 is 0 Å². The molecule has 0 aliphatic carbocycles. The van der Waals surface area contributed by atoms with Gasteiger partial charge in [-0.2, -0.15) is 0 Å². The first kappa shape index (κ1) is 9.58. The molecule has 0 unspecified atom stereocenters. The normalized spacial score (nSPS) is 11.1. The maximum absolute atomic E-state index is 4.26. The molecule has 0 saturated heterocycles. The minimum atomic E-state index is 0.444. The average Bonchev–Trinajstić information content (AvgIpc) is 2.32. The Labute approximate surface area is 78.6 Å². The molecule has 0 spiro atoms. The van der Waals surface area contributed by atoms with Gasteiger partial charge < -0.3 is 0 Å². The second-order valence-corrected chi connectivity index (χ2v) is 3.60. The summed E-state index contributed by atoms with van der Waals surface area (Å²) >= 11 is 4.26. The predicted octanol–water partition coefficient (Wildman–Crippen LogP) is 2.10. The van der Waals surface area contributed by atoms with Crippen molar-refractivity contribution >= 4 is 12.6 Å². The number of aryl methyl sites for hydroxylation is 1. The van der Waals surface area contributed by atoms with E-state index in [-0.39, 0.29) is 0 Å². The number of hydrogen-bond donors (Lipinski definition) is 1. The van der Waals surface area contributed by atoms with Gasteiger partial charge in [-0.25, -0.2) is 4.68 Å². The van der Waals surface area contributed by atoms with Crippen molar-refractivity contribution in [2.45, 2.75) is 44.7 Å². The van der Waals surface area contributed by atoms with Crippen LogP contribution in [-0.2, 0) is 6.54 Å². The summed E-state index contributed by atoms with van der Waals surface area (Å²) in [5.74, 6) is 0.444. The van der Waals surface area contributed by atoms with Gasteiger partial charge in [-0.1, -0.05) is 26.0 Å². The van der Waals surface area contributed by atoms with Crippen LogP contribution >= 0.6 is 12.6 Å². The zero-order valence-electron chi connectivity index (χ0n) is 7.78. The SMILES string of the molecule is CCCn1nnc(S)c1C(C)C. The molecular formula is C8H15N3S. The molecule has 0 amide bonds. The van der Waals surface area contributed by atoms with E-state index in [9.17, 15) is 0 Å². The smallest absolute Gasteiger partial charge is 0.139 e. The van der Waals surface area contributed by atoms with Gasteiger partial charge in [0.05, 0.1) is 5.69 Å². The van der Waals surface area contributed by atoms with E-state index < -0.39 is 0 Å². The van der Waals surface area contributed by atoms with Crippen LogP contribution in [0.5, 0.6) is 0 Å². The Morgan fingerprint density at radius 3 is 2.67 bits per heavy atom. The Morgan fingerprint density at radius 2 is 2.17 bits per heavy atom. The van der Waals surface area contributed by atoms with Gasteiger partial charge in [0.15, 0.2) is 0 Å². The van der Waals surface area contributed by atoms with Crippen LogP contribution in [0.3, 0.4) is 0 Å². The first-order valence-corrected chi connectivity index (χ1v) is 4.73. The van der Waals surface area contributed by atoms with E-state index in [4.69, 9.17) is 0 Å². The number of hydrogen-bond acceptors (Lipinski definition) is 3. The summed E-state index contributed by atoms with van der Waals surface area (Å²) in [5.41, 5.74) is 1.14. The molecule has 0 N–H and O–H groups in total. The number of thiol groups is 1. The minimum Gasteiger partial charge on any atom is -0.248 e. The van der Waals surface area contributed by atoms with Crippen LogP contribution in [0.2, 0.25) is 0 Å². The first-order chi connectivity index (χ1) is 5.66. The van der Waals surface area contributed by atoms with E-state index in [0.29, 0.717) is 5.92 Å². The van der Waals surface area contributed by atoms with Gasteiger partial charge in [0.2, 0.25) is 0 Å². The van der Waals surface area contributed by atoms with Gasteiger partial charge >= 0.3 is 0 Å². The van der Waals surface area contributed by atoms with Gasteiger partial charge in [-0.15, -0.1) is 17.7 Å². The Morgan fingerprint density at radius 1 is 1.50 bits per heavy atom. The zero-order valence-corrected chi connectivity index (χ0v) is 8.67. The molecule has 0 saturated carbocycles. The van der Waals surface area contributed by atoms with Gasteiger partial charge in [0.25, 0.3) is 0 Å². The zero-order chi connectivity index (χ0) is 9.14. The van der Waals surface area contributed by atoms with Crippen LogP contribution in [0.4, 0.5) is 0 Å². The molecule has 0 bridgehead atoms. The lowest BCUT2D eigenvalue weighted by atomic mass is 10.1. The van der Waals surface area contributed by atoms with E-state index in [0.717, 1.165) is 23.7 Å². The van der Waals surface area contributed by atoms with Crippen LogP contribution in [0.15, 0.2) is 5.03 Å². The second-order valence-electron chi connectivity index (χ2n) is 3.18. The average molecular weight is 185 g/mol. The molecule has 0 radical (unpaired) electrons. The molecule has 1 heterocycles. The van der Waals surface area contributed by atoms with Crippen LogP contribution in [0, 0.1) is 0 Å². The Bertz CT molecular complexity index is 255. The highest BCUT2D eigenvalue weighted by molar-refractivity contribution is 7.80. The highest BCUT2D eigenvalue weighted by atomic mass is 32.1. The molecule has 0 aromatic carbocycles. The van der Waals surface area contributed by atoms with Gasteiger partial charge in [0.1, 0.15) is 5.03 Å². The van der Waals surface area contributed by atoms with Crippen molar-refractivity contribution in [2.24, 2.45) is 0 Å². The lowest BCUT2D eigenvalue weighted by Crippen LogP contribution is -2.06. The molecule has 68 valence electrons. The Hall–Kier alpha value is -0.510. The van der Waals surface area contributed by atoms with Crippen molar-refractivity contribution in [2.75, 3.05) is 0 Å². The van der Waals surface area contributed by atoms with Crippen LogP contribution in [0.25, 0.3) is 0 Å². The summed E-state index contributed by atoms with van der Waals surface area (Å²) in [4.78, 5) is 0. The predicted molar refractivity (Wildman–Crippen MR) is 51.7 cm³/mol. The van der Waals surface area contributed by atoms with E-state index in [1.54, 1.807) is 0 Å². The summed E-state index contributed by atoms with van der Waals surface area (Å²) in [6.07, 6.45) is 1.08. The van der Waals surface area contributed by atoms with Crippen molar-refractivity contribution in [3.63, 3.8) is 0 Å². The number of nitrogens with zero attached hydrogens (tertiary/aromatic N) is 3. The fourth-order valence-electron chi connectivity index (χ4n) is 1.24. The van der Waals surface area contributed by atoms with Crippen LogP contribution in [0.1, 0.15) is 38.8 Å². The quantitative estimate of drug-likeness (QED) is 0.731. The largest absolute Gasteiger partial charge is 0.248 e. The van der Waals surface area contributed by atoms with Gasteiger partial charge in [0, 0.05) is 6.54 Å². The summed E-state index contributed by atoms with van der Waals surface area (Å²) in [6, 6.07) is 0. The van der Waals surface area contributed by atoms with E-state index in [1.165, 1.54) is 0 Å². The fourth-order valence-corrected chi connectivity index (χ4v) is 1.66. The van der Waals surface area contributed by atoms with Gasteiger partial charge in [-0.3, -0.25) is 0 Å². The van der Waals surface area contributed by atoms with E-state index in [2.05, 4.69) is 43.7 Å². The van der Waals surface area contributed by atoms with Gasteiger partial charge in [-0.05, 0) is 12.3 Å². The lowest BCUT2D eigenvalue weighted by Gasteiger charge is -2.07. The minimum absolute atomic E-state index is 0.444. The standard InChI is InChI=1S/C8H15N3S/c1-4-5-11-7(6(2)3)8(12)9-10-11/h6,12H,4-5H2,1-3H3. The van der Waals surface area contributed by atoms with Crippen LogP contribution < -0.4 is 0 Å².